The molecule has 0 aliphatic carbocycles. The van der Waals surface area contributed by atoms with Crippen molar-refractivity contribution in [3.8, 4) is 0 Å². The first-order valence-electron chi connectivity index (χ1n) is 6.91. The number of likely N-dealkylation sites (N-methyl/N-ethyl adjacent to an activating group) is 1. The molecule has 2 unspecified atom stereocenters. The molecular formula is C14H31NO2. The summed E-state index contributed by atoms with van der Waals surface area (Å²) in [5, 5.41) is 3.46. The monoisotopic (exact) mass is 245 g/mol. The Balaban J connectivity index is 4.75. The normalized spacial score (nSPS) is 15.9. The molecule has 0 saturated heterocycles. The Morgan fingerprint density at radius 1 is 1.18 bits per heavy atom. The third kappa shape index (κ3) is 4.57. The fourth-order valence-electron chi connectivity index (χ4n) is 2.81. The van der Waals surface area contributed by atoms with Crippen LogP contribution in [0.25, 0.3) is 0 Å². The standard InChI is InChI=1S/C14H31NO2/c1-7-14(8-2,17-9-3)13(15-5)12(4)10-11-16-6/h12-13,15H,7-11H2,1-6H3. The Hall–Kier alpha value is -0.120. The minimum Gasteiger partial charge on any atom is -0.385 e. The summed E-state index contributed by atoms with van der Waals surface area (Å²) in [5.74, 6) is 0.548. The zero-order valence-corrected chi connectivity index (χ0v) is 12.5. The van der Waals surface area contributed by atoms with Gasteiger partial charge >= 0.3 is 0 Å². The van der Waals surface area contributed by atoms with E-state index in [9.17, 15) is 0 Å². The van der Waals surface area contributed by atoms with E-state index in [1.54, 1.807) is 7.11 Å². The Bertz CT molecular complexity index is 181. The highest BCUT2D eigenvalue weighted by Gasteiger charge is 2.38. The van der Waals surface area contributed by atoms with Crippen molar-refractivity contribution < 1.29 is 9.47 Å². The molecule has 0 amide bonds. The maximum atomic E-state index is 6.08. The number of methoxy groups -OCH3 is 1. The van der Waals surface area contributed by atoms with Gasteiger partial charge in [-0.05, 0) is 39.2 Å². The molecule has 0 saturated carbocycles. The van der Waals surface area contributed by atoms with Crippen LogP contribution in [-0.2, 0) is 9.47 Å². The Labute approximate surface area is 107 Å². The molecule has 1 N–H and O–H groups in total. The first kappa shape index (κ1) is 16.9. The van der Waals surface area contributed by atoms with E-state index in [1.165, 1.54) is 0 Å². The molecule has 0 spiro atoms. The van der Waals surface area contributed by atoms with E-state index in [2.05, 4.69) is 33.0 Å². The highest BCUT2D eigenvalue weighted by molar-refractivity contribution is 4.93. The Morgan fingerprint density at radius 2 is 1.76 bits per heavy atom. The summed E-state index contributed by atoms with van der Waals surface area (Å²) >= 11 is 0. The number of nitrogens with one attached hydrogen (secondary N) is 1. The summed E-state index contributed by atoms with van der Waals surface area (Å²) in [6.45, 7) is 10.4. The number of rotatable bonds is 10. The second-order valence-electron chi connectivity index (χ2n) is 4.73. The van der Waals surface area contributed by atoms with Gasteiger partial charge in [-0.2, -0.15) is 0 Å². The zero-order valence-electron chi connectivity index (χ0n) is 12.5. The van der Waals surface area contributed by atoms with Crippen LogP contribution in [0.15, 0.2) is 0 Å². The summed E-state index contributed by atoms with van der Waals surface area (Å²) in [7, 11) is 3.80. The lowest BCUT2D eigenvalue weighted by atomic mass is 9.80. The quantitative estimate of drug-likeness (QED) is 0.642. The first-order valence-corrected chi connectivity index (χ1v) is 6.91. The molecular weight excluding hydrogens is 214 g/mol. The minimum absolute atomic E-state index is 0.0450. The van der Waals surface area contributed by atoms with Crippen LogP contribution in [0.2, 0.25) is 0 Å². The van der Waals surface area contributed by atoms with Gasteiger partial charge in [-0.1, -0.05) is 20.8 Å². The fraction of sp³-hybridized carbons (Fsp3) is 1.00. The van der Waals surface area contributed by atoms with Crippen molar-refractivity contribution in [2.24, 2.45) is 5.92 Å². The van der Waals surface area contributed by atoms with Gasteiger partial charge in [-0.15, -0.1) is 0 Å². The lowest BCUT2D eigenvalue weighted by Gasteiger charge is -2.42. The van der Waals surface area contributed by atoms with Crippen LogP contribution in [0.1, 0.15) is 47.0 Å². The predicted molar refractivity (Wildman–Crippen MR) is 73.4 cm³/mol. The second kappa shape index (κ2) is 8.90. The maximum absolute atomic E-state index is 6.08. The van der Waals surface area contributed by atoms with E-state index in [1.807, 2.05) is 7.05 Å². The van der Waals surface area contributed by atoms with Gasteiger partial charge in [0.25, 0.3) is 0 Å². The second-order valence-corrected chi connectivity index (χ2v) is 4.73. The molecule has 0 heterocycles. The van der Waals surface area contributed by atoms with Crippen molar-refractivity contribution in [3.63, 3.8) is 0 Å². The molecule has 0 aromatic heterocycles. The zero-order chi connectivity index (χ0) is 13.3. The van der Waals surface area contributed by atoms with Crippen LogP contribution in [0, 0.1) is 5.92 Å². The van der Waals surface area contributed by atoms with Gasteiger partial charge in [0.05, 0.1) is 5.60 Å². The summed E-state index contributed by atoms with van der Waals surface area (Å²) in [6, 6.07) is 0.382. The van der Waals surface area contributed by atoms with Crippen LogP contribution in [0.4, 0.5) is 0 Å². The molecule has 17 heavy (non-hydrogen) atoms. The lowest BCUT2D eigenvalue weighted by Crippen LogP contribution is -2.54. The molecule has 0 aliphatic heterocycles. The lowest BCUT2D eigenvalue weighted by molar-refractivity contribution is -0.0841. The SMILES string of the molecule is CCOC(CC)(CC)C(NC)C(C)CCOC. The van der Waals surface area contributed by atoms with Crippen LogP contribution >= 0.6 is 0 Å². The summed E-state index contributed by atoms with van der Waals surface area (Å²) in [4.78, 5) is 0. The highest BCUT2D eigenvalue weighted by atomic mass is 16.5. The first-order chi connectivity index (χ1) is 8.11. The van der Waals surface area contributed by atoms with Gasteiger partial charge in [0, 0.05) is 26.4 Å². The Kier molecular flexibility index (Phi) is 8.83. The van der Waals surface area contributed by atoms with E-state index in [4.69, 9.17) is 9.47 Å². The van der Waals surface area contributed by atoms with Crippen molar-refractivity contribution in [2.45, 2.75) is 58.6 Å². The minimum atomic E-state index is -0.0450. The molecule has 0 aliphatic rings. The summed E-state index contributed by atoms with van der Waals surface area (Å²) < 4.78 is 11.3. The van der Waals surface area contributed by atoms with Crippen molar-refractivity contribution in [1.82, 2.24) is 5.32 Å². The van der Waals surface area contributed by atoms with Crippen LogP contribution in [-0.4, -0.2) is 39.0 Å². The third-order valence-corrected chi connectivity index (χ3v) is 3.85. The molecule has 0 bridgehead atoms. The molecule has 3 nitrogen and oxygen atoms in total. The average molecular weight is 245 g/mol. The summed E-state index contributed by atoms with van der Waals surface area (Å²) in [6.07, 6.45) is 3.15. The largest absolute Gasteiger partial charge is 0.385 e. The highest BCUT2D eigenvalue weighted by Crippen LogP contribution is 2.30. The van der Waals surface area contributed by atoms with Gasteiger partial charge in [0.1, 0.15) is 0 Å². The average Bonchev–Trinajstić information content (AvgIpc) is 2.35. The fourth-order valence-corrected chi connectivity index (χ4v) is 2.81. The predicted octanol–water partition coefficient (Wildman–Crippen LogP) is 2.84. The third-order valence-electron chi connectivity index (χ3n) is 3.85. The van der Waals surface area contributed by atoms with Crippen molar-refractivity contribution in [1.29, 1.82) is 0 Å². The molecule has 3 heteroatoms. The van der Waals surface area contributed by atoms with Crippen LogP contribution < -0.4 is 5.32 Å². The molecule has 0 rings (SSSR count). The van der Waals surface area contributed by atoms with Crippen LogP contribution in [0.3, 0.4) is 0 Å². The number of hydrogen-bond donors (Lipinski definition) is 1. The number of hydrogen-bond acceptors (Lipinski definition) is 3. The summed E-state index contributed by atoms with van der Waals surface area (Å²) in [5.41, 5.74) is -0.0450. The molecule has 104 valence electrons. The number of ether oxygens (including phenoxy) is 2. The molecule has 0 aromatic carbocycles. The van der Waals surface area contributed by atoms with Crippen molar-refractivity contribution in [3.05, 3.63) is 0 Å². The topological polar surface area (TPSA) is 30.5 Å². The van der Waals surface area contributed by atoms with Gasteiger partial charge in [-0.25, -0.2) is 0 Å². The maximum Gasteiger partial charge on any atom is 0.0831 e. The van der Waals surface area contributed by atoms with Crippen molar-refractivity contribution in [2.75, 3.05) is 27.4 Å². The molecule has 2 atom stereocenters. The Morgan fingerprint density at radius 3 is 2.12 bits per heavy atom. The van der Waals surface area contributed by atoms with E-state index >= 15 is 0 Å². The van der Waals surface area contributed by atoms with E-state index in [-0.39, 0.29) is 5.60 Å². The molecule has 0 fully saturated rings. The smallest absolute Gasteiger partial charge is 0.0831 e. The van der Waals surface area contributed by atoms with E-state index in [0.717, 1.165) is 32.5 Å². The molecule has 0 radical (unpaired) electrons. The van der Waals surface area contributed by atoms with Gasteiger partial charge in [0.2, 0.25) is 0 Å². The van der Waals surface area contributed by atoms with Gasteiger partial charge in [0.15, 0.2) is 0 Å². The van der Waals surface area contributed by atoms with E-state index < -0.39 is 0 Å². The van der Waals surface area contributed by atoms with Crippen molar-refractivity contribution >= 4 is 0 Å². The van der Waals surface area contributed by atoms with Gasteiger partial charge in [-0.3, -0.25) is 0 Å². The molecule has 0 aromatic rings. The van der Waals surface area contributed by atoms with E-state index in [0.29, 0.717) is 12.0 Å². The van der Waals surface area contributed by atoms with Crippen LogP contribution in [0.5, 0.6) is 0 Å². The van der Waals surface area contributed by atoms with Gasteiger partial charge < -0.3 is 14.8 Å².